The fourth-order valence-corrected chi connectivity index (χ4v) is 4.82. The van der Waals surface area contributed by atoms with Crippen molar-refractivity contribution in [2.24, 2.45) is 10.8 Å². The number of benzene rings is 4. The second-order valence-corrected chi connectivity index (χ2v) is 11.1. The van der Waals surface area contributed by atoms with Crippen LogP contribution in [0.5, 0.6) is 0 Å². The Morgan fingerprint density at radius 3 is 0.882 bits per heavy atom. The van der Waals surface area contributed by atoms with Gasteiger partial charge in [0.15, 0.2) is 0 Å². The summed E-state index contributed by atoms with van der Waals surface area (Å²) in [5.74, 6) is 0. The van der Waals surface area contributed by atoms with Gasteiger partial charge >= 0.3 is 0 Å². The molecule has 0 amide bonds. The third-order valence-corrected chi connectivity index (χ3v) is 6.31. The third-order valence-electron chi connectivity index (χ3n) is 6.31. The Bertz CT molecular complexity index is 1140. The average Bonchev–Trinajstić information content (AvgIpc) is 2.82. The highest BCUT2D eigenvalue weighted by molar-refractivity contribution is 5.95. The van der Waals surface area contributed by atoms with Crippen LogP contribution in [0.3, 0.4) is 0 Å². The van der Waals surface area contributed by atoms with Crippen molar-refractivity contribution in [3.8, 4) is 22.3 Å². The number of allylic oxidation sites excluding steroid dienone is 2. The van der Waals surface area contributed by atoms with Gasteiger partial charge in [-0.2, -0.15) is 0 Å². The van der Waals surface area contributed by atoms with Crippen molar-refractivity contribution in [2.75, 3.05) is 0 Å². The maximum atomic E-state index is 2.33. The van der Waals surface area contributed by atoms with Gasteiger partial charge in [0.1, 0.15) is 0 Å². The number of hydrogen-bond acceptors (Lipinski definition) is 0. The lowest BCUT2D eigenvalue weighted by Gasteiger charge is -2.34. The third kappa shape index (κ3) is 5.23. The van der Waals surface area contributed by atoms with E-state index < -0.39 is 0 Å². The van der Waals surface area contributed by atoms with Gasteiger partial charge in [-0.25, -0.2) is 0 Å². The molecule has 0 radical (unpaired) electrons. The summed E-state index contributed by atoms with van der Waals surface area (Å²) in [7, 11) is 0. The predicted molar refractivity (Wildman–Crippen MR) is 149 cm³/mol. The summed E-state index contributed by atoms with van der Waals surface area (Å²) in [6, 6.07) is 39.4. The molecule has 4 aromatic rings. The van der Waals surface area contributed by atoms with Crippen LogP contribution in [-0.2, 0) is 0 Å². The quantitative estimate of drug-likeness (QED) is 0.275. The molecule has 0 saturated heterocycles. The van der Waals surface area contributed by atoms with Crippen LogP contribution in [0.1, 0.15) is 52.7 Å². The second-order valence-electron chi connectivity index (χ2n) is 11.1. The van der Waals surface area contributed by atoms with Crippen LogP contribution in [0, 0.1) is 10.8 Å². The Morgan fingerprint density at radius 1 is 0.353 bits per heavy atom. The van der Waals surface area contributed by atoms with E-state index in [0.717, 1.165) is 0 Å². The first-order chi connectivity index (χ1) is 16.1. The Hall–Kier alpha value is -3.38. The molecule has 0 nitrogen and oxygen atoms in total. The monoisotopic (exact) mass is 444 g/mol. The van der Waals surface area contributed by atoms with Gasteiger partial charge in [-0.05, 0) is 55.4 Å². The first-order valence-electron chi connectivity index (χ1n) is 12.2. The van der Waals surface area contributed by atoms with Gasteiger partial charge in [-0.3, -0.25) is 0 Å². The lowest BCUT2D eigenvalue weighted by molar-refractivity contribution is 0.534. The van der Waals surface area contributed by atoms with Crippen molar-refractivity contribution in [3.63, 3.8) is 0 Å². The standard InChI is InChI=1S/C34H36/c1-33(2,3)31(29-21-17-27(18-22-29)25-13-9-7-10-14-25)32(34(4,5)6)30-23-19-28(20-24-30)26-15-11-8-12-16-26/h7-24H,1-6H3/b32-31+. The minimum Gasteiger partial charge on any atom is -0.0622 e. The normalized spacial score (nSPS) is 12.9. The first kappa shape index (κ1) is 23.8. The largest absolute Gasteiger partial charge is 0.0622 e. The summed E-state index contributed by atoms with van der Waals surface area (Å²) in [6.45, 7) is 14.0. The molecule has 0 spiro atoms. The zero-order valence-corrected chi connectivity index (χ0v) is 21.4. The second kappa shape index (κ2) is 9.47. The van der Waals surface area contributed by atoms with Crippen LogP contribution in [0.25, 0.3) is 33.4 Å². The summed E-state index contributed by atoms with van der Waals surface area (Å²) < 4.78 is 0. The molecule has 0 fully saturated rings. The molecular formula is C34H36. The highest BCUT2D eigenvalue weighted by Gasteiger charge is 2.30. The lowest BCUT2D eigenvalue weighted by atomic mass is 9.70. The molecular weight excluding hydrogens is 408 g/mol. The molecule has 0 heteroatoms. The molecule has 0 N–H and O–H groups in total. The molecule has 0 bridgehead atoms. The van der Waals surface area contributed by atoms with Gasteiger partial charge in [0, 0.05) is 0 Å². The van der Waals surface area contributed by atoms with Crippen LogP contribution in [0.2, 0.25) is 0 Å². The van der Waals surface area contributed by atoms with Gasteiger partial charge in [-0.1, -0.05) is 151 Å². The fourth-order valence-electron chi connectivity index (χ4n) is 4.82. The van der Waals surface area contributed by atoms with Crippen molar-refractivity contribution >= 4 is 11.1 Å². The SMILES string of the molecule is CC(C)(C)/C(=C(\c1ccc(-c2ccccc2)cc1)C(C)(C)C)c1ccc(-c2ccccc2)cc1. The molecule has 172 valence electrons. The molecule has 0 aliphatic heterocycles. The maximum absolute atomic E-state index is 2.33. The Balaban J connectivity index is 1.84. The molecule has 4 aromatic carbocycles. The van der Waals surface area contributed by atoms with Crippen molar-refractivity contribution < 1.29 is 0 Å². The van der Waals surface area contributed by atoms with Crippen molar-refractivity contribution in [1.82, 2.24) is 0 Å². The van der Waals surface area contributed by atoms with E-state index >= 15 is 0 Å². The molecule has 0 atom stereocenters. The van der Waals surface area contributed by atoms with E-state index in [9.17, 15) is 0 Å². The average molecular weight is 445 g/mol. The highest BCUT2D eigenvalue weighted by Crippen LogP contribution is 2.47. The van der Waals surface area contributed by atoms with E-state index in [2.05, 4.69) is 151 Å². The van der Waals surface area contributed by atoms with E-state index in [-0.39, 0.29) is 10.8 Å². The molecule has 0 heterocycles. The first-order valence-corrected chi connectivity index (χ1v) is 12.2. The minimum absolute atomic E-state index is 0.00498. The van der Waals surface area contributed by atoms with Gasteiger partial charge in [-0.15, -0.1) is 0 Å². The van der Waals surface area contributed by atoms with Gasteiger partial charge in [0.25, 0.3) is 0 Å². The van der Waals surface area contributed by atoms with E-state index in [1.165, 1.54) is 44.5 Å². The fraction of sp³-hybridized carbons (Fsp3) is 0.235. The van der Waals surface area contributed by atoms with E-state index in [4.69, 9.17) is 0 Å². The Kier molecular flexibility index (Phi) is 6.62. The summed E-state index contributed by atoms with van der Waals surface area (Å²) in [6.07, 6.45) is 0. The minimum atomic E-state index is -0.00498. The molecule has 0 aromatic heterocycles. The maximum Gasteiger partial charge on any atom is -0.0123 e. The Morgan fingerprint density at radius 2 is 0.618 bits per heavy atom. The molecule has 0 aliphatic rings. The van der Waals surface area contributed by atoms with E-state index in [1.807, 2.05) is 0 Å². The predicted octanol–water partition coefficient (Wildman–Crippen LogP) is 10.0. The zero-order chi connectivity index (χ0) is 24.3. The molecule has 4 rings (SSSR count). The van der Waals surface area contributed by atoms with Crippen LogP contribution < -0.4 is 0 Å². The topological polar surface area (TPSA) is 0 Å². The summed E-state index contributed by atoms with van der Waals surface area (Å²) in [5.41, 5.74) is 10.4. The van der Waals surface area contributed by atoms with Gasteiger partial charge in [0.05, 0.1) is 0 Å². The van der Waals surface area contributed by atoms with Gasteiger partial charge in [0.2, 0.25) is 0 Å². The van der Waals surface area contributed by atoms with Crippen molar-refractivity contribution in [1.29, 1.82) is 0 Å². The lowest BCUT2D eigenvalue weighted by Crippen LogP contribution is -2.18. The van der Waals surface area contributed by atoms with Crippen molar-refractivity contribution in [3.05, 3.63) is 120 Å². The van der Waals surface area contributed by atoms with Crippen LogP contribution >= 0.6 is 0 Å². The summed E-state index contributed by atoms with van der Waals surface area (Å²) in [5, 5.41) is 0. The smallest absolute Gasteiger partial charge is 0.0123 e. The van der Waals surface area contributed by atoms with E-state index in [0.29, 0.717) is 0 Å². The van der Waals surface area contributed by atoms with Crippen molar-refractivity contribution in [2.45, 2.75) is 41.5 Å². The number of hydrogen-bond donors (Lipinski definition) is 0. The van der Waals surface area contributed by atoms with E-state index in [1.54, 1.807) is 0 Å². The molecule has 0 unspecified atom stereocenters. The summed E-state index contributed by atoms with van der Waals surface area (Å²) >= 11 is 0. The van der Waals surface area contributed by atoms with Crippen LogP contribution in [0.4, 0.5) is 0 Å². The number of rotatable bonds is 4. The van der Waals surface area contributed by atoms with Crippen LogP contribution in [0.15, 0.2) is 109 Å². The molecule has 0 aliphatic carbocycles. The Labute approximate surface area is 206 Å². The van der Waals surface area contributed by atoms with Gasteiger partial charge < -0.3 is 0 Å². The highest BCUT2D eigenvalue weighted by atomic mass is 14.3. The zero-order valence-electron chi connectivity index (χ0n) is 21.4. The van der Waals surface area contributed by atoms with Crippen LogP contribution in [-0.4, -0.2) is 0 Å². The summed E-state index contributed by atoms with van der Waals surface area (Å²) in [4.78, 5) is 0. The molecule has 0 saturated carbocycles. The molecule has 34 heavy (non-hydrogen) atoms.